The lowest BCUT2D eigenvalue weighted by atomic mass is 9.84. The fourth-order valence-corrected chi connectivity index (χ4v) is 5.10. The number of aliphatic imine (C=N–C) groups is 1. The van der Waals surface area contributed by atoms with Crippen LogP contribution in [-0.4, -0.2) is 10.6 Å². The number of nitrogens with zero attached hydrogens (tertiary/aromatic N) is 2. The van der Waals surface area contributed by atoms with Crippen molar-refractivity contribution in [1.29, 1.82) is 0 Å². The summed E-state index contributed by atoms with van der Waals surface area (Å²) in [5.41, 5.74) is 6.00. The largest absolute Gasteiger partial charge is 0.263 e. The molecule has 30 heavy (non-hydrogen) atoms. The highest BCUT2D eigenvalue weighted by molar-refractivity contribution is 6.12. The van der Waals surface area contributed by atoms with Gasteiger partial charge in [0.15, 0.2) is 0 Å². The smallest absolute Gasteiger partial charge is 0.130 e. The summed E-state index contributed by atoms with van der Waals surface area (Å²) in [5, 5.41) is 0. The van der Waals surface area contributed by atoms with Crippen LogP contribution < -0.4 is 0 Å². The molecule has 1 saturated heterocycles. The summed E-state index contributed by atoms with van der Waals surface area (Å²) in [5.74, 6) is 0. The van der Waals surface area contributed by atoms with Gasteiger partial charge in [0.1, 0.15) is 11.7 Å². The quantitative estimate of drug-likeness (QED) is 0.385. The van der Waals surface area contributed by atoms with Gasteiger partial charge in [0, 0.05) is 0 Å². The third-order valence-electron chi connectivity index (χ3n) is 6.36. The Balaban J connectivity index is 1.60. The Kier molecular flexibility index (Phi) is 3.93. The molecule has 4 aromatic rings. The molecule has 0 bridgehead atoms. The maximum absolute atomic E-state index is 5.33. The molecule has 144 valence electrons. The first-order valence-corrected chi connectivity index (χ1v) is 10.5. The number of rotatable bonds is 4. The summed E-state index contributed by atoms with van der Waals surface area (Å²) in [6.45, 7) is 0. The second kappa shape index (κ2) is 6.79. The first-order valence-electron chi connectivity index (χ1n) is 10.5. The van der Waals surface area contributed by atoms with Crippen LogP contribution in [0.4, 0.5) is 0 Å². The van der Waals surface area contributed by atoms with Gasteiger partial charge in [-0.1, -0.05) is 121 Å². The molecule has 4 aromatic carbocycles. The zero-order chi connectivity index (χ0) is 20.0. The minimum atomic E-state index is -0.246. The lowest BCUT2D eigenvalue weighted by Crippen LogP contribution is -2.24. The molecule has 2 aliphatic heterocycles. The van der Waals surface area contributed by atoms with Crippen LogP contribution in [0.5, 0.6) is 0 Å². The fourth-order valence-electron chi connectivity index (χ4n) is 5.10. The highest BCUT2D eigenvalue weighted by Gasteiger charge is 2.72. The fraction of sp³-hybridized carbons (Fsp3) is 0.107. The van der Waals surface area contributed by atoms with Gasteiger partial charge in [-0.2, -0.15) is 0 Å². The first kappa shape index (κ1) is 17.4. The maximum Gasteiger partial charge on any atom is 0.130 e. The van der Waals surface area contributed by atoms with Crippen molar-refractivity contribution in [2.75, 3.05) is 0 Å². The zero-order valence-electron chi connectivity index (χ0n) is 16.6. The topological polar surface area (TPSA) is 15.4 Å². The van der Waals surface area contributed by atoms with Gasteiger partial charge in [0.05, 0.1) is 11.8 Å². The predicted molar refractivity (Wildman–Crippen MR) is 121 cm³/mol. The SMILES string of the molecule is c1ccc(C2=NC(c3ccccc3)N3C(c4ccccc4)C23c2ccccc2)cc1. The third-order valence-corrected chi connectivity index (χ3v) is 6.36. The van der Waals surface area contributed by atoms with E-state index in [4.69, 9.17) is 4.99 Å². The van der Waals surface area contributed by atoms with Gasteiger partial charge in [0.25, 0.3) is 0 Å². The maximum atomic E-state index is 5.33. The van der Waals surface area contributed by atoms with Gasteiger partial charge in [0.2, 0.25) is 0 Å². The van der Waals surface area contributed by atoms with Gasteiger partial charge in [-0.15, -0.1) is 0 Å². The summed E-state index contributed by atoms with van der Waals surface area (Å²) < 4.78 is 0. The highest BCUT2D eigenvalue weighted by Crippen LogP contribution is 2.69. The van der Waals surface area contributed by atoms with E-state index in [1.165, 1.54) is 22.3 Å². The molecule has 0 aromatic heterocycles. The molecular formula is C28H22N2. The van der Waals surface area contributed by atoms with Crippen molar-refractivity contribution in [3.8, 4) is 0 Å². The molecule has 2 heterocycles. The monoisotopic (exact) mass is 386 g/mol. The van der Waals surface area contributed by atoms with E-state index >= 15 is 0 Å². The molecule has 4 atom stereocenters. The van der Waals surface area contributed by atoms with Crippen molar-refractivity contribution in [1.82, 2.24) is 4.90 Å². The van der Waals surface area contributed by atoms with E-state index in [9.17, 15) is 0 Å². The molecule has 0 radical (unpaired) electrons. The number of fused-ring (bicyclic) bond motifs is 1. The van der Waals surface area contributed by atoms with Crippen LogP contribution >= 0.6 is 0 Å². The summed E-state index contributed by atoms with van der Waals surface area (Å²) in [4.78, 5) is 7.90. The van der Waals surface area contributed by atoms with Crippen LogP contribution in [0.3, 0.4) is 0 Å². The Hall–Kier alpha value is -3.49. The molecule has 1 fully saturated rings. The van der Waals surface area contributed by atoms with E-state index in [-0.39, 0.29) is 17.7 Å². The molecule has 2 nitrogen and oxygen atoms in total. The summed E-state index contributed by atoms with van der Waals surface area (Å²) in [7, 11) is 0. The molecule has 0 aliphatic carbocycles. The minimum absolute atomic E-state index is 0.00631. The Bertz CT molecular complexity index is 1190. The van der Waals surface area contributed by atoms with E-state index in [1.54, 1.807) is 0 Å². The Morgan fingerprint density at radius 1 is 0.567 bits per heavy atom. The lowest BCUT2D eigenvalue weighted by molar-refractivity contribution is 0.380. The summed E-state index contributed by atoms with van der Waals surface area (Å²) in [6, 6.07) is 43.3. The second-order valence-corrected chi connectivity index (χ2v) is 7.98. The summed E-state index contributed by atoms with van der Waals surface area (Å²) >= 11 is 0. The third kappa shape index (κ3) is 2.44. The Morgan fingerprint density at radius 3 is 1.67 bits per heavy atom. The standard InChI is InChI=1S/C28H22N2/c1-5-13-21(14-6-1)25-28(24-19-11-4-12-20-24)26(22-15-7-2-8-16-22)30(28)27(29-25)23-17-9-3-10-18-23/h1-20,26-27H. The Morgan fingerprint density at radius 2 is 1.07 bits per heavy atom. The van der Waals surface area contributed by atoms with Gasteiger partial charge in [-0.25, -0.2) is 0 Å². The number of hydrogen-bond donors (Lipinski definition) is 0. The van der Waals surface area contributed by atoms with Gasteiger partial charge < -0.3 is 0 Å². The van der Waals surface area contributed by atoms with Crippen LogP contribution in [0.2, 0.25) is 0 Å². The molecule has 0 saturated carbocycles. The number of benzene rings is 4. The molecule has 6 rings (SSSR count). The van der Waals surface area contributed by atoms with Crippen LogP contribution in [0, 0.1) is 0 Å². The highest BCUT2D eigenvalue weighted by atomic mass is 15.5. The molecule has 2 heteroatoms. The van der Waals surface area contributed by atoms with Crippen LogP contribution in [0.15, 0.2) is 126 Å². The van der Waals surface area contributed by atoms with Crippen molar-refractivity contribution in [3.05, 3.63) is 144 Å². The molecule has 4 unspecified atom stereocenters. The average molecular weight is 386 g/mol. The lowest BCUT2D eigenvalue weighted by Gasteiger charge is -2.18. The van der Waals surface area contributed by atoms with Gasteiger partial charge in [-0.3, -0.25) is 9.89 Å². The zero-order valence-corrected chi connectivity index (χ0v) is 16.6. The van der Waals surface area contributed by atoms with Gasteiger partial charge >= 0.3 is 0 Å². The van der Waals surface area contributed by atoms with Crippen molar-refractivity contribution < 1.29 is 0 Å². The molecule has 2 aliphatic rings. The first-order chi connectivity index (χ1) is 14.9. The number of hydrogen-bond acceptors (Lipinski definition) is 2. The van der Waals surface area contributed by atoms with E-state index < -0.39 is 0 Å². The van der Waals surface area contributed by atoms with E-state index in [0.29, 0.717) is 0 Å². The van der Waals surface area contributed by atoms with Crippen molar-refractivity contribution in [2.45, 2.75) is 17.7 Å². The van der Waals surface area contributed by atoms with E-state index in [1.807, 2.05) is 0 Å². The second-order valence-electron chi connectivity index (χ2n) is 7.98. The predicted octanol–water partition coefficient (Wildman–Crippen LogP) is 6.14. The van der Waals surface area contributed by atoms with Crippen molar-refractivity contribution in [3.63, 3.8) is 0 Å². The van der Waals surface area contributed by atoms with Crippen molar-refractivity contribution in [2.24, 2.45) is 4.99 Å². The van der Waals surface area contributed by atoms with Crippen molar-refractivity contribution >= 4 is 5.71 Å². The van der Waals surface area contributed by atoms with Crippen LogP contribution in [0.25, 0.3) is 0 Å². The minimum Gasteiger partial charge on any atom is -0.263 e. The average Bonchev–Trinajstić information content (AvgIpc) is 3.40. The van der Waals surface area contributed by atoms with Gasteiger partial charge in [-0.05, 0) is 22.3 Å². The Labute approximate surface area is 177 Å². The summed E-state index contributed by atoms with van der Waals surface area (Å²) in [6.07, 6.45) is 0.00631. The molecule has 0 spiro atoms. The van der Waals surface area contributed by atoms with Crippen LogP contribution in [0.1, 0.15) is 34.5 Å². The van der Waals surface area contributed by atoms with E-state index in [2.05, 4.69) is 126 Å². The molecule has 0 amide bonds. The molecule has 0 N–H and O–H groups in total. The van der Waals surface area contributed by atoms with E-state index in [0.717, 1.165) is 5.71 Å². The molecular weight excluding hydrogens is 364 g/mol. The normalized spacial score (nSPS) is 26.7. The van der Waals surface area contributed by atoms with Crippen LogP contribution in [-0.2, 0) is 5.54 Å².